The van der Waals surface area contributed by atoms with Crippen LogP contribution in [0.2, 0.25) is 0 Å². The molecule has 1 heterocycles. The zero-order valence-corrected chi connectivity index (χ0v) is 11.1. The van der Waals surface area contributed by atoms with Crippen molar-refractivity contribution in [1.29, 1.82) is 0 Å². The Hall–Kier alpha value is -1.43. The minimum absolute atomic E-state index is 0.00219. The third kappa shape index (κ3) is 2.87. The summed E-state index contributed by atoms with van der Waals surface area (Å²) >= 11 is 4.93. The van der Waals surface area contributed by atoms with Crippen molar-refractivity contribution in [1.82, 2.24) is 14.9 Å². The van der Waals surface area contributed by atoms with Crippen LogP contribution < -0.4 is 11.1 Å². The van der Waals surface area contributed by atoms with Gasteiger partial charge in [-0.3, -0.25) is 4.79 Å². The molecular weight excluding hydrogens is 248 g/mol. The van der Waals surface area contributed by atoms with Gasteiger partial charge in [0.1, 0.15) is 0 Å². The lowest BCUT2D eigenvalue weighted by molar-refractivity contribution is -0.124. The topological polar surface area (TPSA) is 72.9 Å². The quantitative estimate of drug-likeness (QED) is 0.567. The molecule has 0 saturated heterocycles. The van der Waals surface area contributed by atoms with Gasteiger partial charge in [-0.25, -0.2) is 4.98 Å². The van der Waals surface area contributed by atoms with Crippen LogP contribution >= 0.6 is 12.2 Å². The lowest BCUT2D eigenvalue weighted by Gasteiger charge is -2.13. The first-order valence-corrected chi connectivity index (χ1v) is 6.60. The van der Waals surface area contributed by atoms with Crippen molar-refractivity contribution in [2.24, 2.45) is 11.1 Å². The summed E-state index contributed by atoms with van der Waals surface area (Å²) in [5.41, 5.74) is 5.06. The van der Waals surface area contributed by atoms with Gasteiger partial charge in [0.15, 0.2) is 0 Å². The van der Waals surface area contributed by atoms with Gasteiger partial charge in [-0.1, -0.05) is 12.2 Å². The number of carbonyl (C=O) groups is 1. The molecule has 0 unspecified atom stereocenters. The second-order valence-electron chi connectivity index (χ2n) is 4.71. The number of aromatic nitrogens is 2. The second-order valence-corrected chi connectivity index (χ2v) is 5.15. The third-order valence-electron chi connectivity index (χ3n) is 3.34. The SMILES string of the molecule is NC(=S)C1(C(=O)NCCCCn2ccnc2)CC1. The molecule has 1 fully saturated rings. The van der Waals surface area contributed by atoms with Crippen molar-refractivity contribution in [3.05, 3.63) is 18.7 Å². The van der Waals surface area contributed by atoms with Gasteiger partial charge in [0, 0.05) is 25.5 Å². The number of unbranched alkanes of at least 4 members (excludes halogenated alkanes) is 1. The zero-order valence-electron chi connectivity index (χ0n) is 10.3. The number of nitrogens with zero attached hydrogens (tertiary/aromatic N) is 2. The van der Waals surface area contributed by atoms with E-state index in [9.17, 15) is 4.79 Å². The number of nitrogens with one attached hydrogen (secondary N) is 1. The molecule has 0 aliphatic heterocycles. The van der Waals surface area contributed by atoms with Crippen LogP contribution in [0.1, 0.15) is 25.7 Å². The van der Waals surface area contributed by atoms with E-state index in [-0.39, 0.29) is 5.91 Å². The van der Waals surface area contributed by atoms with E-state index < -0.39 is 5.41 Å². The van der Waals surface area contributed by atoms with Crippen molar-refractivity contribution in [2.75, 3.05) is 6.54 Å². The molecule has 1 aromatic rings. The first-order chi connectivity index (χ1) is 8.65. The molecule has 1 aromatic heterocycles. The number of carbonyl (C=O) groups excluding carboxylic acids is 1. The van der Waals surface area contributed by atoms with E-state index in [0.717, 1.165) is 32.2 Å². The van der Waals surface area contributed by atoms with E-state index in [1.165, 1.54) is 0 Å². The van der Waals surface area contributed by atoms with E-state index in [1.54, 1.807) is 12.5 Å². The maximum Gasteiger partial charge on any atom is 0.233 e. The van der Waals surface area contributed by atoms with Gasteiger partial charge in [0.05, 0.1) is 16.7 Å². The summed E-state index contributed by atoms with van der Waals surface area (Å²) in [6, 6.07) is 0. The molecule has 98 valence electrons. The fourth-order valence-corrected chi connectivity index (χ4v) is 2.22. The molecule has 0 bridgehead atoms. The van der Waals surface area contributed by atoms with E-state index >= 15 is 0 Å². The standard InChI is InChI=1S/C12H18N4OS/c13-10(18)12(3-4-12)11(17)15-5-1-2-7-16-8-6-14-9-16/h6,8-9H,1-5,7H2,(H2,13,18)(H,15,17). The average Bonchev–Trinajstić information content (AvgIpc) is 3.01. The Balaban J connectivity index is 1.61. The molecule has 1 aliphatic carbocycles. The molecule has 0 atom stereocenters. The van der Waals surface area contributed by atoms with E-state index in [0.29, 0.717) is 11.5 Å². The maximum atomic E-state index is 11.9. The average molecular weight is 266 g/mol. The summed E-state index contributed by atoms with van der Waals surface area (Å²) in [6.07, 6.45) is 9.04. The Bertz CT molecular complexity index is 425. The van der Waals surface area contributed by atoms with Crippen LogP contribution in [0.3, 0.4) is 0 Å². The fourth-order valence-electron chi connectivity index (χ4n) is 1.92. The Morgan fingerprint density at radius 3 is 2.83 bits per heavy atom. The highest BCUT2D eigenvalue weighted by atomic mass is 32.1. The molecule has 5 nitrogen and oxygen atoms in total. The van der Waals surface area contributed by atoms with Crippen molar-refractivity contribution >= 4 is 23.1 Å². The maximum absolute atomic E-state index is 11.9. The molecule has 0 aromatic carbocycles. The molecule has 1 amide bonds. The van der Waals surface area contributed by atoms with Crippen LogP contribution in [0.25, 0.3) is 0 Å². The van der Waals surface area contributed by atoms with Crippen LogP contribution in [0.5, 0.6) is 0 Å². The van der Waals surface area contributed by atoms with Crippen LogP contribution in [0, 0.1) is 5.41 Å². The summed E-state index contributed by atoms with van der Waals surface area (Å²) < 4.78 is 2.03. The number of amides is 1. The first kappa shape index (κ1) is 13.0. The lowest BCUT2D eigenvalue weighted by Crippen LogP contribution is -2.39. The normalized spacial score (nSPS) is 16.2. The van der Waals surface area contributed by atoms with Crippen molar-refractivity contribution < 1.29 is 4.79 Å². The zero-order chi connectivity index (χ0) is 13.0. The smallest absolute Gasteiger partial charge is 0.233 e. The number of nitrogens with two attached hydrogens (primary N) is 1. The molecule has 18 heavy (non-hydrogen) atoms. The Kier molecular flexibility index (Phi) is 3.96. The summed E-state index contributed by atoms with van der Waals surface area (Å²) in [5, 5.41) is 2.92. The number of hydrogen-bond donors (Lipinski definition) is 2. The van der Waals surface area contributed by atoms with E-state index in [4.69, 9.17) is 18.0 Å². The molecule has 0 radical (unpaired) electrons. The van der Waals surface area contributed by atoms with Gasteiger partial charge >= 0.3 is 0 Å². The predicted octanol–water partition coefficient (Wildman–Crippen LogP) is 0.846. The molecular formula is C12H18N4OS. The van der Waals surface area contributed by atoms with Crippen LogP contribution in [0.4, 0.5) is 0 Å². The van der Waals surface area contributed by atoms with Crippen molar-refractivity contribution in [3.8, 4) is 0 Å². The Morgan fingerprint density at radius 2 is 2.28 bits per heavy atom. The van der Waals surface area contributed by atoms with Crippen molar-refractivity contribution in [3.63, 3.8) is 0 Å². The third-order valence-corrected chi connectivity index (χ3v) is 3.73. The van der Waals surface area contributed by atoms with Crippen LogP contribution in [-0.4, -0.2) is 27.0 Å². The predicted molar refractivity (Wildman–Crippen MR) is 72.9 cm³/mol. The van der Waals surface area contributed by atoms with Crippen molar-refractivity contribution in [2.45, 2.75) is 32.2 Å². The molecule has 1 aliphatic rings. The van der Waals surface area contributed by atoms with Crippen LogP contribution in [-0.2, 0) is 11.3 Å². The molecule has 0 spiro atoms. The highest BCUT2D eigenvalue weighted by molar-refractivity contribution is 7.80. The van der Waals surface area contributed by atoms with Gasteiger partial charge in [-0.05, 0) is 25.7 Å². The number of hydrogen-bond acceptors (Lipinski definition) is 3. The monoisotopic (exact) mass is 266 g/mol. The summed E-state index contributed by atoms with van der Waals surface area (Å²) in [6.45, 7) is 1.61. The Labute approximate surface area is 112 Å². The number of rotatable bonds is 7. The Morgan fingerprint density at radius 1 is 1.50 bits per heavy atom. The summed E-state index contributed by atoms with van der Waals surface area (Å²) in [4.78, 5) is 16.2. The lowest BCUT2D eigenvalue weighted by atomic mass is 10.1. The molecule has 1 saturated carbocycles. The van der Waals surface area contributed by atoms with Gasteiger partial charge in [-0.2, -0.15) is 0 Å². The molecule has 6 heteroatoms. The number of aryl methyl sites for hydroxylation is 1. The largest absolute Gasteiger partial charge is 0.392 e. The van der Waals surface area contributed by atoms with E-state index in [2.05, 4.69) is 10.3 Å². The van der Waals surface area contributed by atoms with Crippen LogP contribution in [0.15, 0.2) is 18.7 Å². The van der Waals surface area contributed by atoms with Gasteiger partial charge in [0.2, 0.25) is 5.91 Å². The minimum atomic E-state index is -0.528. The first-order valence-electron chi connectivity index (χ1n) is 6.19. The van der Waals surface area contributed by atoms with Gasteiger partial charge in [0.25, 0.3) is 0 Å². The molecule has 2 rings (SSSR count). The van der Waals surface area contributed by atoms with Gasteiger partial charge in [-0.15, -0.1) is 0 Å². The number of thiocarbonyl (C=S) groups is 1. The minimum Gasteiger partial charge on any atom is -0.392 e. The second kappa shape index (κ2) is 5.48. The highest BCUT2D eigenvalue weighted by Gasteiger charge is 2.52. The van der Waals surface area contributed by atoms with E-state index in [1.807, 2.05) is 10.8 Å². The number of imidazole rings is 1. The highest BCUT2D eigenvalue weighted by Crippen LogP contribution is 2.46. The van der Waals surface area contributed by atoms with Gasteiger partial charge < -0.3 is 15.6 Å². The molecule has 3 N–H and O–H groups in total. The summed E-state index contributed by atoms with van der Waals surface area (Å²) in [7, 11) is 0. The fraction of sp³-hybridized carbons (Fsp3) is 0.583. The summed E-state index contributed by atoms with van der Waals surface area (Å²) in [5.74, 6) is -0.00219.